The maximum atomic E-state index is 6.02. The molecule has 1 atom stereocenters. The molecule has 1 heterocycles. The van der Waals surface area contributed by atoms with Gasteiger partial charge < -0.3 is 5.73 Å². The Hall–Kier alpha value is -0.900. The van der Waals surface area contributed by atoms with E-state index in [1.807, 2.05) is 30.3 Å². The van der Waals surface area contributed by atoms with Crippen molar-refractivity contribution in [3.8, 4) is 0 Å². The largest absolute Gasteiger partial charge is 0.318 e. The Morgan fingerprint density at radius 3 is 2.57 bits per heavy atom. The van der Waals surface area contributed by atoms with Crippen molar-refractivity contribution in [3.63, 3.8) is 0 Å². The topological polar surface area (TPSA) is 38.9 Å². The lowest BCUT2D eigenvalue weighted by molar-refractivity contribution is 0.858. The molecule has 0 radical (unpaired) electrons. The van der Waals surface area contributed by atoms with Gasteiger partial charge in [0.25, 0.3) is 0 Å². The molecule has 2 aromatic rings. The SMILES string of the molecule is NC(c1ccccc1)c1ncc(Cl)s1. The predicted molar refractivity (Wildman–Crippen MR) is 59.6 cm³/mol. The van der Waals surface area contributed by atoms with E-state index in [9.17, 15) is 0 Å². The molecule has 0 bridgehead atoms. The van der Waals surface area contributed by atoms with Crippen molar-refractivity contribution < 1.29 is 0 Å². The fourth-order valence-corrected chi connectivity index (χ4v) is 2.17. The van der Waals surface area contributed by atoms with E-state index in [-0.39, 0.29) is 6.04 Å². The highest BCUT2D eigenvalue weighted by Gasteiger charge is 2.11. The van der Waals surface area contributed by atoms with Gasteiger partial charge in [-0.25, -0.2) is 4.98 Å². The van der Waals surface area contributed by atoms with E-state index in [1.165, 1.54) is 11.3 Å². The molecule has 1 aromatic heterocycles. The Balaban J connectivity index is 2.29. The molecule has 0 saturated carbocycles. The van der Waals surface area contributed by atoms with Crippen LogP contribution in [0.4, 0.5) is 0 Å². The molecule has 0 saturated heterocycles. The van der Waals surface area contributed by atoms with Gasteiger partial charge in [0.05, 0.1) is 12.2 Å². The smallest absolute Gasteiger partial charge is 0.115 e. The van der Waals surface area contributed by atoms with E-state index < -0.39 is 0 Å². The molecular formula is C10H9ClN2S. The third kappa shape index (κ3) is 1.95. The summed E-state index contributed by atoms with van der Waals surface area (Å²) >= 11 is 7.21. The summed E-state index contributed by atoms with van der Waals surface area (Å²) in [5.41, 5.74) is 7.07. The van der Waals surface area contributed by atoms with Crippen LogP contribution in [0.1, 0.15) is 16.6 Å². The minimum Gasteiger partial charge on any atom is -0.318 e. The van der Waals surface area contributed by atoms with Gasteiger partial charge in [-0.05, 0) is 5.56 Å². The minimum absolute atomic E-state index is 0.173. The quantitative estimate of drug-likeness (QED) is 0.852. The predicted octanol–water partition coefficient (Wildman–Crippen LogP) is 2.84. The van der Waals surface area contributed by atoms with Gasteiger partial charge in [-0.2, -0.15) is 0 Å². The highest BCUT2D eigenvalue weighted by molar-refractivity contribution is 7.15. The summed E-state index contributed by atoms with van der Waals surface area (Å²) in [4.78, 5) is 4.15. The van der Waals surface area contributed by atoms with Crippen LogP contribution in [0.15, 0.2) is 36.5 Å². The summed E-state index contributed by atoms with van der Waals surface area (Å²) in [6, 6.07) is 9.69. The van der Waals surface area contributed by atoms with Crippen LogP contribution in [0.5, 0.6) is 0 Å². The first kappa shape index (κ1) is 9.65. The molecule has 0 fully saturated rings. The Morgan fingerprint density at radius 1 is 1.29 bits per heavy atom. The van der Waals surface area contributed by atoms with Gasteiger partial charge in [0.2, 0.25) is 0 Å². The summed E-state index contributed by atoms with van der Waals surface area (Å²) in [5, 5.41) is 0.848. The number of benzene rings is 1. The van der Waals surface area contributed by atoms with Gasteiger partial charge in [-0.1, -0.05) is 41.9 Å². The van der Waals surface area contributed by atoms with Crippen LogP contribution in [0.2, 0.25) is 4.34 Å². The van der Waals surface area contributed by atoms with Gasteiger partial charge in [-0.15, -0.1) is 11.3 Å². The second kappa shape index (κ2) is 4.09. The van der Waals surface area contributed by atoms with Gasteiger partial charge in [0.1, 0.15) is 9.34 Å². The monoisotopic (exact) mass is 224 g/mol. The molecule has 0 amide bonds. The van der Waals surface area contributed by atoms with Crippen molar-refractivity contribution in [1.29, 1.82) is 0 Å². The van der Waals surface area contributed by atoms with E-state index >= 15 is 0 Å². The number of thiazole rings is 1. The number of nitrogens with zero attached hydrogens (tertiary/aromatic N) is 1. The first-order valence-electron chi connectivity index (χ1n) is 4.19. The Kier molecular flexibility index (Phi) is 2.82. The number of aromatic nitrogens is 1. The van der Waals surface area contributed by atoms with Crippen molar-refractivity contribution in [2.24, 2.45) is 5.73 Å². The molecule has 0 aliphatic rings. The van der Waals surface area contributed by atoms with Crippen molar-refractivity contribution >= 4 is 22.9 Å². The zero-order valence-corrected chi connectivity index (χ0v) is 8.92. The van der Waals surface area contributed by atoms with Crippen LogP contribution < -0.4 is 5.73 Å². The van der Waals surface area contributed by atoms with Crippen LogP contribution >= 0.6 is 22.9 Å². The summed E-state index contributed by atoms with van der Waals surface area (Å²) < 4.78 is 0.673. The van der Waals surface area contributed by atoms with Crippen LogP contribution in [0.3, 0.4) is 0 Å². The molecule has 2 N–H and O–H groups in total. The molecule has 0 aliphatic carbocycles. The summed E-state index contributed by atoms with van der Waals surface area (Å²) in [7, 11) is 0. The standard InChI is InChI=1S/C10H9ClN2S/c11-8-6-13-10(14-8)9(12)7-4-2-1-3-5-7/h1-6,9H,12H2. The lowest BCUT2D eigenvalue weighted by Gasteiger charge is -2.07. The number of rotatable bonds is 2. The summed E-state index contributed by atoms with van der Waals surface area (Å²) in [5.74, 6) is 0. The third-order valence-corrected chi connectivity index (χ3v) is 3.12. The molecule has 72 valence electrons. The van der Waals surface area contributed by atoms with Crippen LogP contribution in [0.25, 0.3) is 0 Å². The third-order valence-electron chi connectivity index (χ3n) is 1.92. The normalized spacial score (nSPS) is 12.7. The summed E-state index contributed by atoms with van der Waals surface area (Å²) in [6.07, 6.45) is 1.63. The van der Waals surface area contributed by atoms with Crippen LogP contribution in [-0.4, -0.2) is 4.98 Å². The highest BCUT2D eigenvalue weighted by atomic mass is 35.5. The maximum absolute atomic E-state index is 6.02. The van der Waals surface area contributed by atoms with Gasteiger partial charge in [-0.3, -0.25) is 0 Å². The average Bonchev–Trinajstić information content (AvgIpc) is 2.65. The first-order valence-corrected chi connectivity index (χ1v) is 5.38. The van der Waals surface area contributed by atoms with E-state index in [2.05, 4.69) is 4.98 Å². The Bertz CT molecular complexity index is 413. The second-order valence-corrected chi connectivity index (χ2v) is 4.58. The fraction of sp³-hybridized carbons (Fsp3) is 0.100. The molecule has 1 aromatic carbocycles. The molecule has 2 nitrogen and oxygen atoms in total. The van der Waals surface area contributed by atoms with Crippen molar-refractivity contribution in [2.75, 3.05) is 0 Å². The van der Waals surface area contributed by atoms with Gasteiger partial charge >= 0.3 is 0 Å². The molecule has 2 rings (SSSR count). The molecule has 4 heteroatoms. The zero-order chi connectivity index (χ0) is 9.97. The number of halogens is 1. The molecule has 14 heavy (non-hydrogen) atoms. The average molecular weight is 225 g/mol. The van der Waals surface area contributed by atoms with Crippen molar-refractivity contribution in [1.82, 2.24) is 4.98 Å². The maximum Gasteiger partial charge on any atom is 0.115 e. The second-order valence-electron chi connectivity index (χ2n) is 2.89. The molecule has 1 unspecified atom stereocenters. The lowest BCUT2D eigenvalue weighted by Crippen LogP contribution is -2.10. The molecule has 0 spiro atoms. The molecule has 0 aliphatic heterocycles. The van der Waals surface area contributed by atoms with Crippen molar-refractivity contribution in [2.45, 2.75) is 6.04 Å². The number of nitrogens with two attached hydrogens (primary N) is 1. The zero-order valence-electron chi connectivity index (χ0n) is 7.35. The number of hydrogen-bond acceptors (Lipinski definition) is 3. The summed E-state index contributed by atoms with van der Waals surface area (Å²) in [6.45, 7) is 0. The van der Waals surface area contributed by atoms with E-state index in [0.717, 1.165) is 10.6 Å². The van der Waals surface area contributed by atoms with Gasteiger partial charge in [0, 0.05) is 0 Å². The van der Waals surface area contributed by atoms with Crippen molar-refractivity contribution in [3.05, 3.63) is 51.4 Å². The van der Waals surface area contributed by atoms with Crippen LogP contribution in [0, 0.1) is 0 Å². The Labute approximate surface area is 91.4 Å². The van der Waals surface area contributed by atoms with Gasteiger partial charge in [0.15, 0.2) is 0 Å². The molecular weight excluding hydrogens is 216 g/mol. The fourth-order valence-electron chi connectivity index (χ4n) is 1.21. The Morgan fingerprint density at radius 2 is 2.00 bits per heavy atom. The first-order chi connectivity index (χ1) is 6.77. The van der Waals surface area contributed by atoms with E-state index in [1.54, 1.807) is 6.20 Å². The van der Waals surface area contributed by atoms with Crippen LogP contribution in [-0.2, 0) is 0 Å². The lowest BCUT2D eigenvalue weighted by atomic mass is 10.1. The number of hydrogen-bond donors (Lipinski definition) is 1. The highest BCUT2D eigenvalue weighted by Crippen LogP contribution is 2.26. The van der Waals surface area contributed by atoms with E-state index in [4.69, 9.17) is 17.3 Å². The minimum atomic E-state index is -0.173. The van der Waals surface area contributed by atoms with E-state index in [0.29, 0.717) is 4.34 Å².